The fraction of sp³-hybridized carbons (Fsp3) is 0.0638. The van der Waals surface area contributed by atoms with E-state index in [0.29, 0.717) is 0 Å². The molecular weight excluding hydrogens is 579 g/mol. The van der Waals surface area contributed by atoms with Crippen LogP contribution in [0, 0.1) is 13.8 Å². The lowest BCUT2D eigenvalue weighted by Gasteiger charge is -2.33. The van der Waals surface area contributed by atoms with Crippen LogP contribution in [0.25, 0.3) is 43.8 Å². The monoisotopic (exact) mass is 611 g/mol. The Hall–Kier alpha value is -5.92. The number of hydrogen-bond acceptors (Lipinski definition) is 1. The molecule has 0 saturated carbocycles. The lowest BCUT2D eigenvalue weighted by molar-refractivity contribution is 0.795. The van der Waals surface area contributed by atoms with E-state index in [9.17, 15) is 0 Å². The molecule has 0 bridgehead atoms. The summed E-state index contributed by atoms with van der Waals surface area (Å²) in [5.74, 6) is 0. The highest BCUT2D eigenvalue weighted by molar-refractivity contribution is 6.16. The minimum Gasteiger partial charge on any atom is -0.310 e. The maximum Gasteiger partial charge on any atom is 0.0726 e. The van der Waals surface area contributed by atoms with Gasteiger partial charge in [-0.1, -0.05) is 140 Å². The molecule has 0 aliphatic heterocycles. The van der Waals surface area contributed by atoms with Gasteiger partial charge >= 0.3 is 0 Å². The van der Waals surface area contributed by atoms with Gasteiger partial charge in [-0.3, -0.25) is 0 Å². The minimum absolute atomic E-state index is 0.454. The predicted octanol–water partition coefficient (Wildman–Crippen LogP) is 12.4. The molecule has 0 heterocycles. The molecule has 1 heteroatoms. The number of aryl methyl sites for hydroxylation is 2. The summed E-state index contributed by atoms with van der Waals surface area (Å²) in [6.45, 7) is 4.42. The Kier molecular flexibility index (Phi) is 5.69. The van der Waals surface area contributed by atoms with Gasteiger partial charge in [0.2, 0.25) is 0 Å². The largest absolute Gasteiger partial charge is 0.310 e. The van der Waals surface area contributed by atoms with Gasteiger partial charge in [0.25, 0.3) is 0 Å². The van der Waals surface area contributed by atoms with Gasteiger partial charge in [0.1, 0.15) is 0 Å². The van der Waals surface area contributed by atoms with Crippen LogP contribution in [-0.4, -0.2) is 0 Å². The molecule has 10 rings (SSSR count). The molecule has 8 aromatic rings. The number of para-hydroxylation sites is 1. The van der Waals surface area contributed by atoms with E-state index in [2.05, 4.69) is 183 Å². The number of nitrogens with zero attached hydrogens (tertiary/aromatic N) is 1. The van der Waals surface area contributed by atoms with Gasteiger partial charge in [0, 0.05) is 16.8 Å². The lowest BCUT2D eigenvalue weighted by atomic mass is 9.70. The Bertz CT molecular complexity index is 2550. The number of rotatable bonds is 3. The quantitative estimate of drug-likeness (QED) is 0.192. The highest BCUT2D eigenvalue weighted by Crippen LogP contribution is 2.65. The van der Waals surface area contributed by atoms with Gasteiger partial charge in [-0.2, -0.15) is 0 Å². The highest BCUT2D eigenvalue weighted by Gasteiger charge is 2.52. The smallest absolute Gasteiger partial charge is 0.0726 e. The van der Waals surface area contributed by atoms with Crippen molar-refractivity contribution in [3.05, 3.63) is 197 Å². The van der Waals surface area contributed by atoms with Crippen LogP contribution in [0.4, 0.5) is 17.1 Å². The van der Waals surface area contributed by atoms with Crippen LogP contribution in [0.3, 0.4) is 0 Å². The van der Waals surface area contributed by atoms with Crippen molar-refractivity contribution in [1.29, 1.82) is 0 Å². The first-order valence-electron chi connectivity index (χ1n) is 16.9. The van der Waals surface area contributed by atoms with Crippen LogP contribution in [0.15, 0.2) is 164 Å². The van der Waals surface area contributed by atoms with Crippen molar-refractivity contribution in [3.8, 4) is 22.3 Å². The first-order chi connectivity index (χ1) is 23.7. The number of hydrogen-bond donors (Lipinski definition) is 0. The molecule has 0 fully saturated rings. The van der Waals surface area contributed by atoms with E-state index >= 15 is 0 Å². The van der Waals surface area contributed by atoms with Crippen molar-refractivity contribution < 1.29 is 0 Å². The summed E-state index contributed by atoms with van der Waals surface area (Å²) >= 11 is 0. The molecule has 2 aliphatic rings. The first-order valence-corrected chi connectivity index (χ1v) is 16.9. The topological polar surface area (TPSA) is 3.24 Å². The van der Waals surface area contributed by atoms with Crippen molar-refractivity contribution >= 4 is 38.6 Å². The van der Waals surface area contributed by atoms with E-state index in [0.717, 1.165) is 5.69 Å². The summed E-state index contributed by atoms with van der Waals surface area (Å²) in [5.41, 5.74) is 16.4. The third kappa shape index (κ3) is 3.51. The summed E-state index contributed by atoms with van der Waals surface area (Å²) in [7, 11) is 0. The van der Waals surface area contributed by atoms with Crippen molar-refractivity contribution in [2.24, 2.45) is 0 Å². The summed E-state index contributed by atoms with van der Waals surface area (Å²) in [6.07, 6.45) is 0. The predicted molar refractivity (Wildman–Crippen MR) is 202 cm³/mol. The maximum absolute atomic E-state index is 2.54. The van der Waals surface area contributed by atoms with Gasteiger partial charge in [0.05, 0.1) is 11.1 Å². The molecule has 0 amide bonds. The lowest BCUT2D eigenvalue weighted by Crippen LogP contribution is -2.26. The Morgan fingerprint density at radius 1 is 0.417 bits per heavy atom. The molecule has 8 aromatic carbocycles. The molecular formula is C47H33N. The van der Waals surface area contributed by atoms with E-state index in [4.69, 9.17) is 0 Å². The molecule has 48 heavy (non-hydrogen) atoms. The van der Waals surface area contributed by atoms with Crippen LogP contribution in [-0.2, 0) is 5.41 Å². The fourth-order valence-electron chi connectivity index (χ4n) is 8.87. The molecule has 0 saturated heterocycles. The summed E-state index contributed by atoms with van der Waals surface area (Å²) in [4.78, 5) is 2.49. The van der Waals surface area contributed by atoms with Gasteiger partial charge in [-0.15, -0.1) is 0 Å². The SMILES string of the molecule is Cc1ccc(C)c(N(c2ccccc2)c2cc3c(c4ccccc24)-c2c(ccc4ccccc24)C32c3ccccc3-c3ccccc32)c1. The molecule has 0 aromatic heterocycles. The van der Waals surface area contributed by atoms with Gasteiger partial charge in [0.15, 0.2) is 0 Å². The maximum atomic E-state index is 2.54. The molecule has 0 N–H and O–H groups in total. The van der Waals surface area contributed by atoms with Crippen LogP contribution in [0.1, 0.15) is 33.4 Å². The van der Waals surface area contributed by atoms with Crippen molar-refractivity contribution in [3.63, 3.8) is 0 Å². The molecule has 0 atom stereocenters. The summed E-state index contributed by atoms with van der Waals surface area (Å²) in [5, 5.41) is 5.11. The van der Waals surface area contributed by atoms with Gasteiger partial charge in [-0.05, 0) is 110 Å². The average Bonchev–Trinajstić information content (AvgIpc) is 3.61. The van der Waals surface area contributed by atoms with Crippen molar-refractivity contribution in [1.82, 2.24) is 0 Å². The van der Waals surface area contributed by atoms with E-state index in [1.54, 1.807) is 0 Å². The Morgan fingerprint density at radius 3 is 1.77 bits per heavy atom. The number of fused-ring (bicyclic) bond motifs is 14. The van der Waals surface area contributed by atoms with Crippen LogP contribution >= 0.6 is 0 Å². The highest BCUT2D eigenvalue weighted by atomic mass is 15.1. The molecule has 0 unspecified atom stereocenters. The van der Waals surface area contributed by atoms with E-state index in [1.807, 2.05) is 0 Å². The standard InChI is InChI=1S/C47H33N/c1-30-24-25-31(2)43(28-30)48(33-15-4-3-5-16-33)44-29-42-46(38-21-9-8-20-37(38)44)45-34-17-7-6-14-32(34)26-27-41(45)47(42)39-22-12-10-18-35(39)36-19-11-13-23-40(36)47/h3-29H,1-2H3. The molecule has 226 valence electrons. The van der Waals surface area contributed by atoms with E-state index in [1.165, 1.54) is 88.6 Å². The Morgan fingerprint density at radius 2 is 1.02 bits per heavy atom. The zero-order valence-electron chi connectivity index (χ0n) is 27.0. The van der Waals surface area contributed by atoms with Crippen molar-refractivity contribution in [2.75, 3.05) is 4.90 Å². The van der Waals surface area contributed by atoms with Gasteiger partial charge in [-0.25, -0.2) is 0 Å². The Labute approximate surface area is 281 Å². The number of anilines is 3. The second kappa shape index (κ2) is 10.0. The van der Waals surface area contributed by atoms with Gasteiger partial charge < -0.3 is 4.90 Å². The van der Waals surface area contributed by atoms with Crippen LogP contribution < -0.4 is 4.90 Å². The summed E-state index contributed by atoms with van der Waals surface area (Å²) < 4.78 is 0. The second-order valence-corrected chi connectivity index (χ2v) is 13.4. The first kappa shape index (κ1) is 27.2. The van der Waals surface area contributed by atoms with E-state index in [-0.39, 0.29) is 0 Å². The van der Waals surface area contributed by atoms with Crippen LogP contribution in [0.5, 0.6) is 0 Å². The third-order valence-electron chi connectivity index (χ3n) is 10.8. The van der Waals surface area contributed by atoms with E-state index < -0.39 is 5.41 Å². The fourth-order valence-corrected chi connectivity index (χ4v) is 8.87. The molecule has 1 spiro atoms. The van der Waals surface area contributed by atoms with Crippen LogP contribution in [0.2, 0.25) is 0 Å². The summed E-state index contributed by atoms with van der Waals surface area (Å²) in [6, 6.07) is 61.2. The normalized spacial score (nSPS) is 13.4. The minimum atomic E-state index is -0.454. The number of benzene rings is 8. The third-order valence-corrected chi connectivity index (χ3v) is 10.8. The molecule has 0 radical (unpaired) electrons. The zero-order chi connectivity index (χ0) is 32.0. The second-order valence-electron chi connectivity index (χ2n) is 13.4. The Balaban J connectivity index is 1.43. The molecule has 1 nitrogen and oxygen atoms in total. The average molecular weight is 612 g/mol. The van der Waals surface area contributed by atoms with Crippen molar-refractivity contribution in [2.45, 2.75) is 19.3 Å². The zero-order valence-corrected chi connectivity index (χ0v) is 27.0. The molecule has 2 aliphatic carbocycles.